The maximum atomic E-state index is 14.2. The lowest BCUT2D eigenvalue weighted by atomic mass is 9.82. The highest BCUT2D eigenvalue weighted by atomic mass is 35.5. The first-order chi connectivity index (χ1) is 39.3. The van der Waals surface area contributed by atoms with Crippen molar-refractivity contribution in [3.8, 4) is 11.6 Å². The number of benzene rings is 4. The number of hydrogen-bond acceptors (Lipinski definition) is 16. The number of nitrogens with zero attached hydrogens (tertiary/aromatic N) is 7. The van der Waals surface area contributed by atoms with Crippen molar-refractivity contribution in [3.63, 3.8) is 0 Å². The van der Waals surface area contributed by atoms with Gasteiger partial charge in [0.05, 0.1) is 46.5 Å². The third-order valence-electron chi connectivity index (χ3n) is 11.7. The van der Waals surface area contributed by atoms with E-state index in [2.05, 4.69) is 20.3 Å². The van der Waals surface area contributed by atoms with E-state index < -0.39 is 90.6 Å². The largest absolute Gasteiger partial charge is 0.493 e. The van der Waals surface area contributed by atoms with Crippen molar-refractivity contribution in [3.05, 3.63) is 179 Å². The van der Waals surface area contributed by atoms with E-state index in [-0.39, 0.29) is 72.5 Å². The zero-order valence-electron chi connectivity index (χ0n) is 44.6. The van der Waals surface area contributed by atoms with Gasteiger partial charge in [0.1, 0.15) is 27.6 Å². The first-order valence-corrected chi connectivity index (χ1v) is 27.6. The lowest BCUT2D eigenvalue weighted by molar-refractivity contribution is -0.142. The Bertz CT molecular complexity index is 3750. The van der Waals surface area contributed by atoms with Crippen molar-refractivity contribution in [2.45, 2.75) is 69.1 Å². The Morgan fingerprint density at radius 1 is 0.893 bits per heavy atom. The van der Waals surface area contributed by atoms with E-state index in [0.29, 0.717) is 41.8 Å². The Labute approximate surface area is 493 Å². The summed E-state index contributed by atoms with van der Waals surface area (Å²) in [5.41, 5.74) is 3.43. The number of aromatic carboxylic acids is 1. The van der Waals surface area contributed by atoms with Crippen LogP contribution in [-0.2, 0) is 59.0 Å². The van der Waals surface area contributed by atoms with Gasteiger partial charge in [0.15, 0.2) is 32.7 Å². The van der Waals surface area contributed by atoms with E-state index in [1.165, 1.54) is 27.0 Å². The smallest absolute Gasteiger partial charge is 0.416 e. The molecule has 3 aromatic heterocycles. The number of hydrogen-bond donors (Lipinski definition) is 3. The Hall–Kier alpha value is -7.98. The number of ether oxygens (including phenoxy) is 2. The molecular formula is C53H48Cl4F6N8O12S. The van der Waals surface area contributed by atoms with Crippen LogP contribution < -0.4 is 11.4 Å². The van der Waals surface area contributed by atoms with E-state index in [1.807, 2.05) is 60.7 Å². The standard InChI is InChI=1S/C18H17NO3.C15H14Cl2F3N3O3.C14H13F3N2O4S.C6H4Cl2N2O2/c1-2-21-17(20)16-13-18(22-19-16,14-9-5-3-6-10-14)15-11-7-4-8-12-15;1-3-26-13(24)10(17)4-8-5-12(11(18)6-9(8)16)23-15(25)22(14(19)20)7(2)21-23;1-7-11(13(21)19(2)18-7)12(20)9-5-4-8(14(15,16)17)6-10(9)24(3,22)23;7-3-1-2(9)4(8)5(10-3)6(11)12/h3-12H,2,13H2,1H3;5-6,10,14H,3-4H2,1-2H3;4-6,21H,1-3H3;1H,(H2,9,10)(H,11,12). The summed E-state index contributed by atoms with van der Waals surface area (Å²) in [6, 6.07) is 24.8. The highest BCUT2D eigenvalue weighted by Crippen LogP contribution is 2.41. The van der Waals surface area contributed by atoms with Crippen molar-refractivity contribution in [1.82, 2.24) is 29.1 Å². The molecule has 7 aromatic rings. The maximum Gasteiger partial charge on any atom is 0.416 e. The maximum absolute atomic E-state index is 14.2. The lowest BCUT2D eigenvalue weighted by Crippen LogP contribution is -2.29. The number of aromatic hydroxyl groups is 1. The highest BCUT2D eigenvalue weighted by molar-refractivity contribution is 7.90. The van der Waals surface area contributed by atoms with Crippen molar-refractivity contribution < 1.29 is 78.5 Å². The first-order valence-electron chi connectivity index (χ1n) is 24.1. The molecule has 4 N–H and O–H groups in total. The SMILES string of the molecule is CCOC(=O)C(Cl)Cc1cc(-n2nc(C)n(C(F)F)c2=O)c(F)cc1Cl.CCOC(=O)C1=NOC(c2ccccc2)(c2ccccc2)C1.Cc1nn(C)c(O)c1C(=O)c1ccc(C(F)(F)F)cc1S(C)(=O)=O.Nc1cc(Cl)nc(C(=O)O)c1Cl. The van der Waals surface area contributed by atoms with Crippen LogP contribution in [0.5, 0.6) is 5.88 Å². The molecule has 1 unspecified atom stereocenters. The quantitative estimate of drug-likeness (QED) is 0.0300. The van der Waals surface area contributed by atoms with Gasteiger partial charge >= 0.3 is 36.3 Å². The fourth-order valence-corrected chi connectivity index (χ4v) is 9.55. The molecule has 20 nitrogen and oxygen atoms in total. The number of carbonyl (C=O) groups is 4. The Morgan fingerprint density at radius 2 is 1.48 bits per heavy atom. The zero-order chi connectivity index (χ0) is 62.8. The van der Waals surface area contributed by atoms with Gasteiger partial charge in [-0.1, -0.05) is 101 Å². The molecule has 448 valence electrons. The second-order valence-electron chi connectivity index (χ2n) is 17.5. The molecule has 1 aliphatic rings. The van der Waals surface area contributed by atoms with Gasteiger partial charge in [-0.2, -0.15) is 31.7 Å². The number of aromatic nitrogens is 6. The Morgan fingerprint density at radius 3 is 1.96 bits per heavy atom. The molecule has 84 heavy (non-hydrogen) atoms. The van der Waals surface area contributed by atoms with Crippen molar-refractivity contribution in [1.29, 1.82) is 0 Å². The highest BCUT2D eigenvalue weighted by Gasteiger charge is 2.45. The molecule has 0 aliphatic carbocycles. The van der Waals surface area contributed by atoms with E-state index in [0.717, 1.165) is 34.0 Å². The minimum atomic E-state index is -4.76. The topological polar surface area (TPSA) is 279 Å². The Kier molecular flexibility index (Phi) is 22.3. The summed E-state index contributed by atoms with van der Waals surface area (Å²) in [5.74, 6) is -5.02. The number of carbonyl (C=O) groups excluding carboxylic acids is 3. The van der Waals surface area contributed by atoms with Crippen LogP contribution >= 0.6 is 46.4 Å². The monoisotopic (exact) mass is 1270 g/mol. The number of halogens is 10. The summed E-state index contributed by atoms with van der Waals surface area (Å²) in [4.78, 5) is 67.2. The molecule has 0 saturated carbocycles. The summed E-state index contributed by atoms with van der Waals surface area (Å²) in [5, 5.41) is 28.7. The van der Waals surface area contributed by atoms with Gasteiger partial charge in [-0.3, -0.25) is 9.59 Å². The van der Waals surface area contributed by atoms with Crippen LogP contribution in [0.3, 0.4) is 0 Å². The fraction of sp³-hybridized carbons (Fsp3) is 0.264. The minimum Gasteiger partial charge on any atom is -0.493 e. The van der Waals surface area contributed by atoms with Crippen LogP contribution in [-0.4, -0.2) is 102 Å². The number of nitrogens with two attached hydrogens (primary N) is 1. The predicted octanol–water partition coefficient (Wildman–Crippen LogP) is 10.3. The molecule has 0 saturated heterocycles. The van der Waals surface area contributed by atoms with Crippen LogP contribution in [0.15, 0.2) is 112 Å². The van der Waals surface area contributed by atoms with E-state index in [9.17, 15) is 63.8 Å². The number of carboxylic acids is 1. The van der Waals surface area contributed by atoms with Gasteiger partial charge in [-0.05, 0) is 69.7 Å². The fourth-order valence-electron chi connectivity index (χ4n) is 7.81. The number of esters is 2. The molecule has 1 aliphatic heterocycles. The molecule has 8 rings (SSSR count). The van der Waals surface area contributed by atoms with E-state index in [4.69, 9.17) is 71.6 Å². The van der Waals surface area contributed by atoms with Crippen molar-refractivity contribution in [2.24, 2.45) is 12.2 Å². The van der Waals surface area contributed by atoms with Gasteiger partial charge < -0.3 is 30.3 Å². The van der Waals surface area contributed by atoms with Gasteiger partial charge in [0.2, 0.25) is 11.7 Å². The second-order valence-corrected chi connectivity index (χ2v) is 21.2. The Balaban J connectivity index is 0.000000211. The van der Waals surface area contributed by atoms with Crippen LogP contribution in [0.2, 0.25) is 15.2 Å². The van der Waals surface area contributed by atoms with Crippen LogP contribution in [0.25, 0.3) is 5.69 Å². The van der Waals surface area contributed by atoms with Gasteiger partial charge in [-0.15, -0.1) is 16.7 Å². The number of carboxylic acid groups (broad SMARTS) is 1. The molecule has 0 bridgehead atoms. The number of sulfone groups is 1. The first kappa shape index (κ1) is 66.8. The number of pyridine rings is 1. The van der Waals surface area contributed by atoms with E-state index in [1.54, 1.807) is 13.8 Å². The van der Waals surface area contributed by atoms with Gasteiger partial charge in [-0.25, -0.2) is 41.4 Å². The zero-order valence-corrected chi connectivity index (χ0v) is 48.4. The van der Waals surface area contributed by atoms with Crippen LogP contribution in [0, 0.1) is 19.7 Å². The van der Waals surface area contributed by atoms with Crippen LogP contribution in [0.4, 0.5) is 32.0 Å². The number of nitrogen functional groups attached to an aromatic ring is 1. The average molecular weight is 1280 g/mol. The summed E-state index contributed by atoms with van der Waals surface area (Å²) in [6.45, 7) is 3.31. The number of anilines is 1. The number of alkyl halides is 6. The minimum absolute atomic E-state index is 0.00861. The molecule has 4 heterocycles. The molecule has 0 spiro atoms. The summed E-state index contributed by atoms with van der Waals surface area (Å²) >= 11 is 22.9. The number of oxime groups is 1. The van der Waals surface area contributed by atoms with Crippen molar-refractivity contribution >= 4 is 91.3 Å². The molecule has 0 fully saturated rings. The number of rotatable bonds is 14. The average Bonchev–Trinajstić information content (AvgIpc) is 2.11. The van der Waals surface area contributed by atoms with Crippen LogP contribution in [0.1, 0.15) is 87.0 Å². The summed E-state index contributed by atoms with van der Waals surface area (Å²) in [6.07, 6.45) is -3.81. The molecule has 31 heteroatoms. The van der Waals surface area contributed by atoms with Gasteiger partial charge in [0, 0.05) is 41.4 Å². The molecule has 4 aromatic carbocycles. The normalized spacial score (nSPS) is 12.9. The number of aryl methyl sites for hydroxylation is 3. The molecule has 0 amide bonds. The lowest BCUT2D eigenvalue weighted by Gasteiger charge is -2.27. The van der Waals surface area contributed by atoms with Crippen molar-refractivity contribution in [2.75, 3.05) is 25.2 Å². The summed E-state index contributed by atoms with van der Waals surface area (Å²) < 4.78 is 114. The molecule has 0 radical (unpaired) electrons. The number of ketones is 1. The molecule has 1 atom stereocenters. The van der Waals surface area contributed by atoms with E-state index >= 15 is 0 Å². The second kappa shape index (κ2) is 28.1. The van der Waals surface area contributed by atoms with Gasteiger partial charge in [0.25, 0.3) is 0 Å². The predicted molar refractivity (Wildman–Crippen MR) is 295 cm³/mol. The molecular weight excluding hydrogens is 1230 g/mol. The summed E-state index contributed by atoms with van der Waals surface area (Å²) in [7, 11) is -2.75. The third kappa shape index (κ3) is 15.8. The third-order valence-corrected chi connectivity index (χ3v) is 14.1.